The lowest BCUT2D eigenvalue weighted by Crippen LogP contribution is -2.25. The molecule has 0 bridgehead atoms. The van der Waals surface area contributed by atoms with Crippen molar-refractivity contribution < 1.29 is 20.1 Å². The summed E-state index contributed by atoms with van der Waals surface area (Å²) in [4.78, 5) is 18.9. The second kappa shape index (κ2) is 15.0. The molecule has 1 saturated carbocycles. The average molecular weight is 448 g/mol. The number of nitrogens with one attached hydrogen (secondary N) is 2. The largest absolute Gasteiger partial charge is 0.393 e. The van der Waals surface area contributed by atoms with E-state index in [0.717, 1.165) is 50.6 Å². The number of carbonyl (C=O) groups is 1. The SMILES string of the molecule is CCCCC[C@H](O)/C=C/[C@@H]1[C@@H](C/C=C\CCCC(=O)NCCc2cnc[nH]2)[C@@H](O)C[C@H]1O. The highest BCUT2D eigenvalue weighted by molar-refractivity contribution is 5.75. The van der Waals surface area contributed by atoms with Gasteiger partial charge in [-0.05, 0) is 31.6 Å². The number of hydrogen-bond acceptors (Lipinski definition) is 5. The zero-order chi connectivity index (χ0) is 23.2. The van der Waals surface area contributed by atoms with E-state index in [1.807, 2.05) is 12.2 Å². The molecule has 0 radical (unpaired) electrons. The number of nitrogens with zero attached hydrogens (tertiary/aromatic N) is 1. The molecular formula is C25H41N3O4. The van der Waals surface area contributed by atoms with Crippen LogP contribution in [-0.2, 0) is 11.2 Å². The molecule has 2 rings (SSSR count). The molecule has 1 aromatic rings. The highest BCUT2D eigenvalue weighted by Gasteiger charge is 2.39. The number of unbranched alkanes of at least 4 members (excludes halogenated alkanes) is 3. The van der Waals surface area contributed by atoms with Crippen LogP contribution in [0.5, 0.6) is 0 Å². The van der Waals surface area contributed by atoms with Crippen molar-refractivity contribution in [2.24, 2.45) is 11.8 Å². The topological polar surface area (TPSA) is 118 Å². The van der Waals surface area contributed by atoms with Crippen molar-refractivity contribution in [1.29, 1.82) is 0 Å². The highest BCUT2D eigenvalue weighted by atomic mass is 16.3. The minimum atomic E-state index is -0.576. The van der Waals surface area contributed by atoms with Gasteiger partial charge in [-0.3, -0.25) is 4.79 Å². The zero-order valence-corrected chi connectivity index (χ0v) is 19.3. The van der Waals surface area contributed by atoms with Gasteiger partial charge in [0.25, 0.3) is 0 Å². The lowest BCUT2D eigenvalue weighted by Gasteiger charge is -2.19. The summed E-state index contributed by atoms with van der Waals surface area (Å²) in [7, 11) is 0. The van der Waals surface area contributed by atoms with E-state index in [2.05, 4.69) is 28.3 Å². The van der Waals surface area contributed by atoms with Gasteiger partial charge in [-0.1, -0.05) is 50.5 Å². The second-order valence-electron chi connectivity index (χ2n) is 8.84. The van der Waals surface area contributed by atoms with E-state index in [4.69, 9.17) is 0 Å². The number of allylic oxidation sites excluding steroid dienone is 2. The van der Waals surface area contributed by atoms with E-state index in [-0.39, 0.29) is 17.7 Å². The molecule has 1 heterocycles. The van der Waals surface area contributed by atoms with Gasteiger partial charge in [0.1, 0.15) is 0 Å². The lowest BCUT2D eigenvalue weighted by molar-refractivity contribution is -0.121. The van der Waals surface area contributed by atoms with Crippen molar-refractivity contribution in [3.63, 3.8) is 0 Å². The smallest absolute Gasteiger partial charge is 0.220 e. The molecule has 0 unspecified atom stereocenters. The zero-order valence-electron chi connectivity index (χ0n) is 19.3. The van der Waals surface area contributed by atoms with Gasteiger partial charge < -0.3 is 25.6 Å². The van der Waals surface area contributed by atoms with Gasteiger partial charge in [0.2, 0.25) is 5.91 Å². The van der Waals surface area contributed by atoms with Crippen LogP contribution in [0.4, 0.5) is 0 Å². The first-order valence-corrected chi connectivity index (χ1v) is 12.1. The van der Waals surface area contributed by atoms with Crippen molar-refractivity contribution in [2.45, 2.75) is 89.4 Å². The summed E-state index contributed by atoms with van der Waals surface area (Å²) in [5.41, 5.74) is 1.01. The number of hydrogen-bond donors (Lipinski definition) is 5. The van der Waals surface area contributed by atoms with E-state index in [1.165, 1.54) is 0 Å². The number of amides is 1. The molecule has 0 saturated heterocycles. The first-order valence-electron chi connectivity index (χ1n) is 12.1. The normalized spacial score (nSPS) is 24.5. The van der Waals surface area contributed by atoms with Gasteiger partial charge in [-0.25, -0.2) is 4.98 Å². The number of H-pyrrole nitrogens is 1. The molecule has 0 aliphatic heterocycles. The van der Waals surface area contributed by atoms with Crippen LogP contribution in [0.2, 0.25) is 0 Å². The van der Waals surface area contributed by atoms with Gasteiger partial charge in [-0.15, -0.1) is 0 Å². The van der Waals surface area contributed by atoms with Crippen LogP contribution < -0.4 is 5.32 Å². The Hall–Kier alpha value is -1.96. The van der Waals surface area contributed by atoms with Crippen molar-refractivity contribution in [1.82, 2.24) is 15.3 Å². The van der Waals surface area contributed by atoms with Gasteiger partial charge >= 0.3 is 0 Å². The number of aromatic amines is 1. The van der Waals surface area contributed by atoms with Crippen molar-refractivity contribution in [2.75, 3.05) is 6.54 Å². The van der Waals surface area contributed by atoms with Crippen molar-refractivity contribution in [3.8, 4) is 0 Å². The second-order valence-corrected chi connectivity index (χ2v) is 8.84. The van der Waals surface area contributed by atoms with Crippen LogP contribution in [-0.4, -0.2) is 56.1 Å². The monoisotopic (exact) mass is 447 g/mol. The first kappa shape index (κ1) is 26.3. The summed E-state index contributed by atoms with van der Waals surface area (Å²) in [6, 6.07) is 0. The first-order chi connectivity index (χ1) is 15.5. The van der Waals surface area contributed by atoms with Gasteiger partial charge in [-0.2, -0.15) is 0 Å². The Balaban J connectivity index is 1.64. The predicted molar refractivity (Wildman–Crippen MR) is 126 cm³/mol. The molecular weight excluding hydrogens is 406 g/mol. The van der Waals surface area contributed by atoms with Gasteiger partial charge in [0, 0.05) is 43.6 Å². The Bertz CT molecular complexity index is 689. The van der Waals surface area contributed by atoms with Crippen LogP contribution in [0, 0.1) is 11.8 Å². The van der Waals surface area contributed by atoms with Crippen molar-refractivity contribution in [3.05, 3.63) is 42.5 Å². The number of imidazole rings is 1. The fourth-order valence-electron chi connectivity index (χ4n) is 4.26. The molecule has 1 fully saturated rings. The minimum Gasteiger partial charge on any atom is -0.393 e. The maximum Gasteiger partial charge on any atom is 0.220 e. The van der Waals surface area contributed by atoms with E-state index >= 15 is 0 Å². The lowest BCUT2D eigenvalue weighted by atomic mass is 9.89. The number of aromatic nitrogens is 2. The molecule has 0 aromatic carbocycles. The molecule has 1 amide bonds. The molecule has 1 aliphatic carbocycles. The number of rotatable bonds is 15. The molecule has 180 valence electrons. The van der Waals surface area contributed by atoms with Crippen molar-refractivity contribution >= 4 is 5.91 Å². The third-order valence-electron chi connectivity index (χ3n) is 6.20. The quantitative estimate of drug-likeness (QED) is 0.209. The maximum atomic E-state index is 11.9. The summed E-state index contributed by atoms with van der Waals surface area (Å²) in [5, 5.41) is 33.7. The van der Waals surface area contributed by atoms with Crippen LogP contribution >= 0.6 is 0 Å². The highest BCUT2D eigenvalue weighted by Crippen LogP contribution is 2.36. The van der Waals surface area contributed by atoms with E-state index in [0.29, 0.717) is 25.8 Å². The predicted octanol–water partition coefficient (Wildman–Crippen LogP) is 3.04. The van der Waals surface area contributed by atoms with Gasteiger partial charge in [0.15, 0.2) is 0 Å². The molecule has 5 N–H and O–H groups in total. The van der Waals surface area contributed by atoms with E-state index < -0.39 is 18.3 Å². The fourth-order valence-corrected chi connectivity index (χ4v) is 4.26. The Morgan fingerprint density at radius 3 is 2.88 bits per heavy atom. The summed E-state index contributed by atoms with van der Waals surface area (Å²) in [6.45, 7) is 2.73. The number of aliphatic hydroxyl groups is 3. The number of aliphatic hydroxyl groups excluding tert-OH is 3. The standard InChI is InChI=1S/C25H41N3O4/c1-2-3-6-9-20(29)12-13-22-21(23(30)16-24(22)31)10-7-4-5-8-11-25(32)27-15-14-19-17-26-18-28-19/h4,7,12-13,17-18,20-24,29-31H,2-3,5-6,8-11,14-16H2,1H3,(H,26,28)(H,27,32)/b7-4-,13-12+/t20-,21+,22+,23-,24+/m0/s1. The van der Waals surface area contributed by atoms with Crippen LogP contribution in [0.15, 0.2) is 36.8 Å². The fraction of sp³-hybridized carbons (Fsp3) is 0.680. The molecule has 0 spiro atoms. The van der Waals surface area contributed by atoms with Gasteiger partial charge in [0.05, 0.1) is 24.6 Å². The number of carbonyl (C=O) groups excluding carboxylic acids is 1. The molecule has 7 nitrogen and oxygen atoms in total. The molecule has 5 atom stereocenters. The van der Waals surface area contributed by atoms with Crippen LogP contribution in [0.1, 0.15) is 70.4 Å². The Kier molecular flexibility index (Phi) is 12.3. The van der Waals surface area contributed by atoms with E-state index in [9.17, 15) is 20.1 Å². The Morgan fingerprint density at radius 2 is 2.12 bits per heavy atom. The Labute approximate surface area is 192 Å². The van der Waals surface area contributed by atoms with Crippen LogP contribution in [0.3, 0.4) is 0 Å². The summed E-state index contributed by atoms with van der Waals surface area (Å²) >= 11 is 0. The Morgan fingerprint density at radius 1 is 1.28 bits per heavy atom. The third kappa shape index (κ3) is 9.67. The molecule has 7 heteroatoms. The summed E-state index contributed by atoms with van der Waals surface area (Å²) in [5.74, 6) is -0.141. The van der Waals surface area contributed by atoms with Crippen LogP contribution in [0.25, 0.3) is 0 Å². The molecule has 1 aliphatic rings. The average Bonchev–Trinajstić information content (AvgIpc) is 3.37. The molecule has 32 heavy (non-hydrogen) atoms. The maximum absolute atomic E-state index is 11.9. The van der Waals surface area contributed by atoms with E-state index in [1.54, 1.807) is 18.6 Å². The minimum absolute atomic E-state index is 0.0499. The molecule has 1 aromatic heterocycles. The third-order valence-corrected chi connectivity index (χ3v) is 6.20. The summed E-state index contributed by atoms with van der Waals surface area (Å²) in [6.07, 6.45) is 17.4. The summed E-state index contributed by atoms with van der Waals surface area (Å²) < 4.78 is 0.